The number of hydrogen-bond donors (Lipinski definition) is 2. The van der Waals surface area contributed by atoms with Crippen molar-refractivity contribution in [2.75, 3.05) is 0 Å². The summed E-state index contributed by atoms with van der Waals surface area (Å²) < 4.78 is 4.83. The highest BCUT2D eigenvalue weighted by molar-refractivity contribution is 6.01. The Morgan fingerprint density at radius 1 is 1.53 bits per heavy atom. The minimum absolute atomic E-state index is 0.180. The predicted molar refractivity (Wildman–Crippen MR) is 54.8 cm³/mol. The van der Waals surface area contributed by atoms with Gasteiger partial charge in [-0.1, -0.05) is 0 Å². The molecule has 5 nitrogen and oxygen atoms in total. The molecule has 0 bridgehead atoms. The van der Waals surface area contributed by atoms with Crippen LogP contribution in [0.5, 0.6) is 0 Å². The van der Waals surface area contributed by atoms with Crippen LogP contribution >= 0.6 is 0 Å². The topological polar surface area (TPSA) is 89.1 Å². The summed E-state index contributed by atoms with van der Waals surface area (Å²) in [5.41, 5.74) is 6.85. The third kappa shape index (κ3) is 1.69. The second-order valence-electron chi connectivity index (χ2n) is 3.38. The van der Waals surface area contributed by atoms with E-state index in [1.165, 1.54) is 6.07 Å². The van der Waals surface area contributed by atoms with Crippen LogP contribution in [0.25, 0.3) is 11.1 Å². The zero-order valence-electron chi connectivity index (χ0n) is 8.11. The van der Waals surface area contributed by atoms with Crippen LogP contribution in [0.2, 0.25) is 0 Å². The van der Waals surface area contributed by atoms with Gasteiger partial charge in [-0.2, -0.15) is 0 Å². The van der Waals surface area contributed by atoms with Gasteiger partial charge < -0.3 is 10.2 Å². The summed E-state index contributed by atoms with van der Waals surface area (Å²) in [6, 6.07) is 4.18. The molecule has 1 aromatic heterocycles. The van der Waals surface area contributed by atoms with Crippen LogP contribution in [0.1, 0.15) is 17.3 Å². The highest BCUT2D eigenvalue weighted by Gasteiger charge is 2.12. The Morgan fingerprint density at radius 2 is 2.27 bits per heavy atom. The normalized spacial score (nSPS) is 12.9. The van der Waals surface area contributed by atoms with E-state index in [4.69, 9.17) is 10.2 Å². The van der Waals surface area contributed by atoms with Gasteiger partial charge in [0.15, 0.2) is 11.4 Å². The summed E-state index contributed by atoms with van der Waals surface area (Å²) in [7, 11) is 0. The summed E-state index contributed by atoms with van der Waals surface area (Å²) in [5.74, 6) is -0.712. The highest BCUT2D eigenvalue weighted by Crippen LogP contribution is 2.13. The molecule has 15 heavy (non-hydrogen) atoms. The fourth-order valence-electron chi connectivity index (χ4n) is 1.36. The molecule has 3 N–H and O–H groups in total. The third-order valence-corrected chi connectivity index (χ3v) is 2.12. The van der Waals surface area contributed by atoms with Crippen molar-refractivity contribution in [3.63, 3.8) is 0 Å². The number of nitrogens with two attached hydrogens (primary N) is 1. The van der Waals surface area contributed by atoms with Crippen LogP contribution in [0.4, 0.5) is 0 Å². The number of aromatic amines is 1. The molecule has 1 aromatic carbocycles. The Bertz CT molecular complexity index is 565. The fraction of sp³-hybridized carbons (Fsp3) is 0.200. The van der Waals surface area contributed by atoms with Crippen LogP contribution in [0.3, 0.4) is 0 Å². The average Bonchev–Trinajstić information content (AvgIpc) is 2.55. The van der Waals surface area contributed by atoms with Crippen molar-refractivity contribution in [2.45, 2.75) is 13.0 Å². The van der Waals surface area contributed by atoms with E-state index in [0.29, 0.717) is 16.7 Å². The quantitative estimate of drug-likeness (QED) is 0.706. The van der Waals surface area contributed by atoms with Gasteiger partial charge in [0.05, 0.1) is 11.6 Å². The fourth-order valence-corrected chi connectivity index (χ4v) is 1.36. The van der Waals surface area contributed by atoms with E-state index >= 15 is 0 Å². The van der Waals surface area contributed by atoms with E-state index < -0.39 is 11.8 Å². The standard InChI is InChI=1S/C10H10N2O3/c1-5(11)9(13)6-2-3-7-8(4-6)15-10(14)12-7/h2-5H,11H2,1H3,(H,12,14). The molecule has 2 aromatic rings. The lowest BCUT2D eigenvalue weighted by Crippen LogP contribution is -2.26. The monoisotopic (exact) mass is 206 g/mol. The molecule has 1 heterocycles. The lowest BCUT2D eigenvalue weighted by Gasteiger charge is -2.02. The van der Waals surface area contributed by atoms with Crippen LogP contribution in [0, 0.1) is 0 Å². The van der Waals surface area contributed by atoms with Gasteiger partial charge in [0.2, 0.25) is 0 Å². The Labute approximate surface area is 84.9 Å². The maximum absolute atomic E-state index is 11.5. The van der Waals surface area contributed by atoms with Crippen molar-refractivity contribution in [2.24, 2.45) is 5.73 Å². The summed E-state index contributed by atoms with van der Waals surface area (Å²) >= 11 is 0. The van der Waals surface area contributed by atoms with Crippen molar-refractivity contribution >= 4 is 16.9 Å². The van der Waals surface area contributed by atoms with Gasteiger partial charge in [0.1, 0.15) is 0 Å². The predicted octanol–water partition coefficient (Wildman–Crippen LogP) is 0.651. The maximum atomic E-state index is 11.5. The second-order valence-corrected chi connectivity index (χ2v) is 3.38. The molecule has 1 atom stereocenters. The molecule has 0 aliphatic carbocycles. The van der Waals surface area contributed by atoms with Crippen LogP contribution in [-0.4, -0.2) is 16.8 Å². The maximum Gasteiger partial charge on any atom is 0.417 e. The number of oxazole rings is 1. The lowest BCUT2D eigenvalue weighted by atomic mass is 10.1. The minimum Gasteiger partial charge on any atom is -0.408 e. The molecule has 78 valence electrons. The number of Topliss-reactive ketones (excluding diaryl/α,β-unsaturated/α-hetero) is 1. The smallest absolute Gasteiger partial charge is 0.408 e. The number of carbonyl (C=O) groups excluding carboxylic acids is 1. The molecule has 0 fully saturated rings. The Morgan fingerprint density at radius 3 is 2.93 bits per heavy atom. The van der Waals surface area contributed by atoms with Gasteiger partial charge in [-0.3, -0.25) is 9.78 Å². The number of benzene rings is 1. The van der Waals surface area contributed by atoms with Crippen molar-refractivity contribution in [3.8, 4) is 0 Å². The van der Waals surface area contributed by atoms with Gasteiger partial charge in [0.25, 0.3) is 0 Å². The molecular formula is C10H10N2O3. The van der Waals surface area contributed by atoms with Gasteiger partial charge in [-0.15, -0.1) is 0 Å². The summed E-state index contributed by atoms with van der Waals surface area (Å²) in [5, 5.41) is 0. The lowest BCUT2D eigenvalue weighted by molar-refractivity contribution is 0.0968. The average molecular weight is 206 g/mol. The minimum atomic E-state index is -0.562. The number of hydrogen-bond acceptors (Lipinski definition) is 4. The first-order valence-corrected chi connectivity index (χ1v) is 4.50. The molecule has 1 unspecified atom stereocenters. The molecule has 0 aliphatic heterocycles. The summed E-state index contributed by atoms with van der Waals surface area (Å²) in [6.07, 6.45) is 0. The number of fused-ring (bicyclic) bond motifs is 1. The van der Waals surface area contributed by atoms with Gasteiger partial charge in [-0.25, -0.2) is 4.79 Å². The molecule has 5 heteroatoms. The van der Waals surface area contributed by atoms with E-state index in [2.05, 4.69) is 4.98 Å². The summed E-state index contributed by atoms with van der Waals surface area (Å²) in [6.45, 7) is 1.61. The van der Waals surface area contributed by atoms with Gasteiger partial charge in [-0.05, 0) is 25.1 Å². The summed E-state index contributed by atoms with van der Waals surface area (Å²) in [4.78, 5) is 24.9. The largest absolute Gasteiger partial charge is 0.417 e. The van der Waals surface area contributed by atoms with Crippen molar-refractivity contribution in [3.05, 3.63) is 34.3 Å². The molecule has 0 saturated heterocycles. The molecule has 0 amide bonds. The van der Waals surface area contributed by atoms with Crippen LogP contribution in [0.15, 0.2) is 27.4 Å². The van der Waals surface area contributed by atoms with Crippen molar-refractivity contribution in [1.29, 1.82) is 0 Å². The van der Waals surface area contributed by atoms with Gasteiger partial charge in [0, 0.05) is 5.56 Å². The number of rotatable bonds is 2. The number of aromatic nitrogens is 1. The molecule has 0 saturated carbocycles. The van der Waals surface area contributed by atoms with Crippen molar-refractivity contribution in [1.82, 2.24) is 4.98 Å². The Hall–Kier alpha value is -1.88. The second kappa shape index (κ2) is 3.36. The first kappa shape index (κ1) is 9.67. The first-order valence-electron chi connectivity index (χ1n) is 4.50. The van der Waals surface area contributed by atoms with E-state index in [1.807, 2.05) is 0 Å². The molecule has 0 aliphatic rings. The molecule has 0 radical (unpaired) electrons. The zero-order chi connectivity index (χ0) is 11.0. The molecule has 2 rings (SSSR count). The van der Waals surface area contributed by atoms with E-state index in [9.17, 15) is 9.59 Å². The third-order valence-electron chi connectivity index (χ3n) is 2.12. The Balaban J connectivity index is 2.55. The van der Waals surface area contributed by atoms with Gasteiger partial charge >= 0.3 is 5.76 Å². The highest BCUT2D eigenvalue weighted by atomic mass is 16.4. The van der Waals surface area contributed by atoms with E-state index in [1.54, 1.807) is 19.1 Å². The van der Waals surface area contributed by atoms with E-state index in [-0.39, 0.29) is 5.78 Å². The zero-order valence-corrected chi connectivity index (χ0v) is 8.11. The Kier molecular flexibility index (Phi) is 2.17. The van der Waals surface area contributed by atoms with Crippen LogP contribution in [-0.2, 0) is 0 Å². The van der Waals surface area contributed by atoms with Crippen molar-refractivity contribution < 1.29 is 9.21 Å². The van der Waals surface area contributed by atoms with Crippen LogP contribution < -0.4 is 11.5 Å². The van der Waals surface area contributed by atoms with E-state index in [0.717, 1.165) is 0 Å². The SMILES string of the molecule is CC(N)C(=O)c1ccc2[nH]c(=O)oc2c1. The number of H-pyrrole nitrogens is 1. The number of nitrogens with one attached hydrogen (secondary N) is 1. The number of ketones is 1. The molecule has 0 spiro atoms. The number of carbonyl (C=O) groups is 1. The first-order chi connectivity index (χ1) is 7.08. The molecular weight excluding hydrogens is 196 g/mol.